The van der Waals surface area contributed by atoms with E-state index in [0.29, 0.717) is 23.6 Å². The van der Waals surface area contributed by atoms with Crippen molar-refractivity contribution in [1.82, 2.24) is 25.8 Å². The Bertz CT molecular complexity index is 1520. The molecule has 6 rings (SSSR count). The fourth-order valence-corrected chi connectivity index (χ4v) is 6.48. The van der Waals surface area contributed by atoms with Crippen LogP contribution in [0.15, 0.2) is 41.4 Å². The minimum atomic E-state index is -2.59. The number of ether oxygens (including phenoxy) is 1. The summed E-state index contributed by atoms with van der Waals surface area (Å²) in [5.41, 5.74) is 12.8. The maximum absolute atomic E-state index is 13.6. The van der Waals surface area contributed by atoms with Crippen molar-refractivity contribution in [2.45, 2.75) is 62.2 Å². The molecule has 0 radical (unpaired) electrons. The van der Waals surface area contributed by atoms with Crippen LogP contribution in [-0.4, -0.2) is 93.1 Å². The first-order valence-corrected chi connectivity index (χ1v) is 13.9. The van der Waals surface area contributed by atoms with E-state index in [1.165, 1.54) is 4.90 Å². The van der Waals surface area contributed by atoms with Crippen molar-refractivity contribution < 1.29 is 29.5 Å². The molecule has 1 saturated heterocycles. The van der Waals surface area contributed by atoms with Gasteiger partial charge in [-0.2, -0.15) is 0 Å². The first kappa shape index (κ1) is 27.7. The largest absolute Gasteiger partial charge is 0.492 e. The summed E-state index contributed by atoms with van der Waals surface area (Å²) in [6.07, 6.45) is 0.807. The molecule has 1 unspecified atom stereocenters. The number of nitrogens with one attached hydrogen (secondary N) is 4. The summed E-state index contributed by atoms with van der Waals surface area (Å²) in [6, 6.07) is 7.67. The number of benzene rings is 1. The normalized spacial score (nSPS) is 28.2. The van der Waals surface area contributed by atoms with Gasteiger partial charge in [0.1, 0.15) is 23.5 Å². The second kappa shape index (κ2) is 9.56. The van der Waals surface area contributed by atoms with Gasteiger partial charge >= 0.3 is 5.96 Å². The Morgan fingerprint density at radius 1 is 1.19 bits per heavy atom. The highest BCUT2D eigenvalue weighted by Gasteiger charge is 2.76. The van der Waals surface area contributed by atoms with Crippen LogP contribution < -0.4 is 37.1 Å². The molecule has 2 aromatic rings. The number of fused-ring (bicyclic) bond motifs is 1. The number of para-hydroxylation sites is 1. The smallest absolute Gasteiger partial charge is 0.343 e. The maximum atomic E-state index is 13.6. The number of nitrogens with two attached hydrogens (primary N) is 2. The lowest BCUT2D eigenvalue weighted by atomic mass is 9.79. The van der Waals surface area contributed by atoms with Gasteiger partial charge in [-0.15, -0.1) is 0 Å². The van der Waals surface area contributed by atoms with Gasteiger partial charge in [-0.1, -0.05) is 32.0 Å². The molecule has 2 amide bonds. The molecule has 42 heavy (non-hydrogen) atoms. The zero-order valence-electron chi connectivity index (χ0n) is 23.6. The molecular formula is C28H36N9O5+. The lowest BCUT2D eigenvalue weighted by Gasteiger charge is -2.46. The Balaban J connectivity index is 1.26. The van der Waals surface area contributed by atoms with Crippen molar-refractivity contribution in [2.24, 2.45) is 16.5 Å². The van der Waals surface area contributed by atoms with Gasteiger partial charge in [0, 0.05) is 17.8 Å². The van der Waals surface area contributed by atoms with Crippen molar-refractivity contribution in [3.8, 4) is 5.75 Å². The number of aromatic nitrogens is 1. The number of carbonyl (C=O) groups excluding carboxylic acids is 2. The molecule has 14 heteroatoms. The molecule has 0 saturated carbocycles. The molecule has 1 aromatic heterocycles. The Morgan fingerprint density at radius 3 is 2.71 bits per heavy atom. The van der Waals surface area contributed by atoms with E-state index in [1.807, 2.05) is 6.07 Å². The van der Waals surface area contributed by atoms with Crippen LogP contribution in [0.3, 0.4) is 0 Å². The van der Waals surface area contributed by atoms with E-state index in [2.05, 4.69) is 44.8 Å². The second-order valence-corrected chi connectivity index (χ2v) is 11.9. The third kappa shape index (κ3) is 4.12. The fraction of sp³-hybridized carbons (Fsp3) is 0.464. The van der Waals surface area contributed by atoms with E-state index in [9.17, 15) is 19.8 Å². The molecular weight excluding hydrogens is 542 g/mol. The molecule has 0 aliphatic carbocycles. The van der Waals surface area contributed by atoms with E-state index in [0.717, 1.165) is 12.0 Å². The number of aryl methyl sites for hydroxylation is 1. The number of carbonyl (C=O) groups is 2. The lowest BCUT2D eigenvalue weighted by molar-refractivity contribution is -0.521. The molecule has 10 N–H and O–H groups in total. The first-order chi connectivity index (χ1) is 19.8. The van der Waals surface area contributed by atoms with Crippen molar-refractivity contribution in [2.75, 3.05) is 19.7 Å². The van der Waals surface area contributed by atoms with Crippen LogP contribution >= 0.6 is 0 Å². The fourth-order valence-electron chi connectivity index (χ4n) is 6.48. The van der Waals surface area contributed by atoms with E-state index in [1.54, 1.807) is 37.3 Å². The van der Waals surface area contributed by atoms with Gasteiger partial charge in [0.2, 0.25) is 5.79 Å². The SMILES string of the molecule is Cc1cccc(C(=O)NC[C@@H]2N=C(N)N3CC(NC(=O)c4cccc5c4OCCC5(C)C)C(O)(O)[C@@]34NC(N)=[NH+][C@@H]24)n1. The molecule has 1 spiro atoms. The zero-order chi connectivity index (χ0) is 30.0. The van der Waals surface area contributed by atoms with Gasteiger partial charge in [-0.05, 0) is 37.0 Å². The number of rotatable bonds is 5. The third-order valence-corrected chi connectivity index (χ3v) is 8.74. The summed E-state index contributed by atoms with van der Waals surface area (Å²) >= 11 is 0. The number of guanidine groups is 2. The monoisotopic (exact) mass is 578 g/mol. The molecule has 0 bridgehead atoms. The van der Waals surface area contributed by atoms with Gasteiger partial charge in [-0.3, -0.25) is 25.2 Å². The quantitative estimate of drug-likeness (QED) is 0.166. The Morgan fingerprint density at radius 2 is 1.95 bits per heavy atom. The Labute approximate surface area is 242 Å². The van der Waals surface area contributed by atoms with Crippen LogP contribution in [0.4, 0.5) is 0 Å². The molecule has 222 valence electrons. The van der Waals surface area contributed by atoms with Crippen LogP contribution in [0.25, 0.3) is 0 Å². The minimum absolute atomic E-state index is 0.00502. The van der Waals surface area contributed by atoms with Crippen molar-refractivity contribution >= 4 is 23.7 Å². The maximum Gasteiger partial charge on any atom is 0.343 e. The van der Waals surface area contributed by atoms with E-state index in [-0.39, 0.29) is 36.1 Å². The van der Waals surface area contributed by atoms with Crippen LogP contribution in [-0.2, 0) is 5.41 Å². The zero-order valence-corrected chi connectivity index (χ0v) is 23.6. The van der Waals surface area contributed by atoms with Gasteiger partial charge < -0.3 is 31.3 Å². The summed E-state index contributed by atoms with van der Waals surface area (Å²) in [7, 11) is 0. The van der Waals surface area contributed by atoms with Gasteiger partial charge in [0.25, 0.3) is 17.5 Å². The summed E-state index contributed by atoms with van der Waals surface area (Å²) in [6.45, 7) is 6.34. The summed E-state index contributed by atoms with van der Waals surface area (Å²) in [4.78, 5) is 39.7. The van der Waals surface area contributed by atoms with E-state index < -0.39 is 41.4 Å². The highest BCUT2D eigenvalue weighted by molar-refractivity contribution is 5.98. The number of aliphatic imine (C=N–C) groups is 1. The number of hydrogen-bond acceptors (Lipinski definition) is 11. The Kier molecular flexibility index (Phi) is 6.31. The number of nitrogens with zero attached hydrogens (tertiary/aromatic N) is 3. The average Bonchev–Trinajstić information content (AvgIpc) is 3.40. The molecule has 1 fully saturated rings. The van der Waals surface area contributed by atoms with Crippen LogP contribution in [0.1, 0.15) is 52.4 Å². The van der Waals surface area contributed by atoms with Gasteiger partial charge in [0.15, 0.2) is 12.0 Å². The molecule has 14 nitrogen and oxygen atoms in total. The highest BCUT2D eigenvalue weighted by Crippen LogP contribution is 2.43. The van der Waals surface area contributed by atoms with Crippen LogP contribution in [0.5, 0.6) is 5.75 Å². The number of amides is 2. The third-order valence-electron chi connectivity index (χ3n) is 8.74. The summed E-state index contributed by atoms with van der Waals surface area (Å²) < 4.78 is 5.90. The van der Waals surface area contributed by atoms with Crippen molar-refractivity contribution in [3.05, 3.63) is 58.9 Å². The first-order valence-electron chi connectivity index (χ1n) is 13.9. The van der Waals surface area contributed by atoms with E-state index >= 15 is 0 Å². The summed E-state index contributed by atoms with van der Waals surface area (Å²) in [5.74, 6) is -2.98. The number of aliphatic hydroxyl groups is 2. The molecule has 4 aliphatic heterocycles. The predicted octanol–water partition coefficient (Wildman–Crippen LogP) is -3.26. The molecule has 4 atom stereocenters. The Hall–Kier alpha value is -4.43. The second-order valence-electron chi connectivity index (χ2n) is 11.9. The van der Waals surface area contributed by atoms with Crippen molar-refractivity contribution in [3.63, 3.8) is 0 Å². The lowest BCUT2D eigenvalue weighted by Crippen LogP contribution is -2.90. The molecule has 4 aliphatic rings. The van der Waals surface area contributed by atoms with Crippen molar-refractivity contribution in [1.29, 1.82) is 0 Å². The number of pyridine rings is 1. The highest BCUT2D eigenvalue weighted by atomic mass is 16.5. The molecule has 1 aromatic carbocycles. The van der Waals surface area contributed by atoms with Crippen LogP contribution in [0, 0.1) is 6.92 Å². The summed E-state index contributed by atoms with van der Waals surface area (Å²) in [5, 5.41) is 32.1. The predicted molar refractivity (Wildman–Crippen MR) is 151 cm³/mol. The van der Waals surface area contributed by atoms with E-state index in [4.69, 9.17) is 16.2 Å². The van der Waals surface area contributed by atoms with Crippen LogP contribution in [0.2, 0.25) is 0 Å². The minimum Gasteiger partial charge on any atom is -0.492 e. The topological polar surface area (TPSA) is 214 Å². The molecule has 5 heterocycles. The number of hydrogen-bond donors (Lipinski definition) is 8. The van der Waals surface area contributed by atoms with Gasteiger partial charge in [0.05, 0.1) is 18.7 Å². The van der Waals surface area contributed by atoms with Gasteiger partial charge in [-0.25, -0.2) is 15.3 Å². The average molecular weight is 579 g/mol. The standard InChI is InChI=1S/C28H35N9O5/c1-14-6-4-9-17(32-14)23(39)31-12-18-21-27(36-24(29)35-21)28(40,41)19(13-37(27)25(30)33-18)34-22(38)15-7-5-8-16-20(15)42-11-10-26(16,2)3/h4-9,18-19,21,40-41H,10-13H2,1-3H3,(H2,30,33)(H,31,39)(H,34,38)(H3,29,35,36)/p+1/t18-,19?,21-,27-/m0/s1.